The summed E-state index contributed by atoms with van der Waals surface area (Å²) in [6.07, 6.45) is 1.57. The zero-order valence-electron chi connectivity index (χ0n) is 29.9. The number of carbonyl (C=O) groups excluding carboxylic acids is 4. The van der Waals surface area contributed by atoms with Crippen LogP contribution in [0.15, 0.2) is 48.5 Å². The van der Waals surface area contributed by atoms with Crippen molar-refractivity contribution >= 4 is 40.9 Å². The standard InChI is InChI=1S/C37H46N10O4/c1-45(2)19-7-17-40-34(48)27-11-15-32(43-36(38)50)25(21-27)9-13-29-23-31(47(5)6)24-30(42-29)14-10-26-22-28(12-16-33(26)44-37(39)51)35(49)41-18-8-20-46(3)4/h11-12,15-16,21-24H,7-8,17-20H2,1-6H3,(H,40,48)(H,41,49)(H3,38,43,50)(H3,39,44,51). The molecule has 0 aliphatic carbocycles. The summed E-state index contributed by atoms with van der Waals surface area (Å²) in [4.78, 5) is 59.7. The highest BCUT2D eigenvalue weighted by atomic mass is 16.2. The highest BCUT2D eigenvalue weighted by Gasteiger charge is 2.12. The molecule has 3 rings (SSSR count). The number of hydrogen-bond donors (Lipinski definition) is 6. The van der Waals surface area contributed by atoms with E-state index in [0.717, 1.165) is 31.6 Å². The molecule has 0 fully saturated rings. The monoisotopic (exact) mass is 694 g/mol. The molecule has 3 aromatic rings. The van der Waals surface area contributed by atoms with Gasteiger partial charge in [0.05, 0.1) is 11.4 Å². The van der Waals surface area contributed by atoms with Crippen molar-refractivity contribution in [2.45, 2.75) is 12.8 Å². The van der Waals surface area contributed by atoms with E-state index in [1.165, 1.54) is 0 Å². The molecule has 51 heavy (non-hydrogen) atoms. The van der Waals surface area contributed by atoms with Gasteiger partial charge < -0.3 is 47.4 Å². The van der Waals surface area contributed by atoms with Crippen LogP contribution in [0.2, 0.25) is 0 Å². The lowest BCUT2D eigenvalue weighted by Crippen LogP contribution is -2.27. The number of urea groups is 2. The van der Waals surface area contributed by atoms with Crippen molar-refractivity contribution in [3.63, 3.8) is 0 Å². The van der Waals surface area contributed by atoms with E-state index in [4.69, 9.17) is 11.5 Å². The van der Waals surface area contributed by atoms with Gasteiger partial charge in [0.25, 0.3) is 11.8 Å². The Bertz CT molecular complexity index is 1740. The Kier molecular flexibility index (Phi) is 14.8. The van der Waals surface area contributed by atoms with Gasteiger partial charge in [-0.05, 0) is 114 Å². The van der Waals surface area contributed by atoms with Crippen molar-refractivity contribution in [1.29, 1.82) is 0 Å². The molecule has 6 amide bonds. The summed E-state index contributed by atoms with van der Waals surface area (Å²) in [5.41, 5.74) is 14.4. The molecule has 0 aliphatic heterocycles. The van der Waals surface area contributed by atoms with Gasteiger partial charge in [-0.2, -0.15) is 0 Å². The molecular formula is C37H46N10O4. The number of amides is 6. The van der Waals surface area contributed by atoms with Crippen molar-refractivity contribution in [2.75, 3.05) is 84.0 Å². The number of carbonyl (C=O) groups is 4. The normalized spacial score (nSPS) is 10.4. The molecule has 1 heterocycles. The summed E-state index contributed by atoms with van der Waals surface area (Å²) in [6.45, 7) is 2.66. The molecule has 0 unspecified atom stereocenters. The maximum atomic E-state index is 12.9. The first-order valence-corrected chi connectivity index (χ1v) is 16.2. The Hall–Kier alpha value is -6.09. The highest BCUT2D eigenvalue weighted by molar-refractivity contribution is 5.97. The maximum absolute atomic E-state index is 12.9. The molecule has 14 nitrogen and oxygen atoms in total. The first-order valence-electron chi connectivity index (χ1n) is 16.2. The van der Waals surface area contributed by atoms with Crippen LogP contribution in [0.25, 0.3) is 0 Å². The van der Waals surface area contributed by atoms with Gasteiger partial charge in [-0.25, -0.2) is 14.6 Å². The van der Waals surface area contributed by atoms with Crippen LogP contribution in [0, 0.1) is 23.7 Å². The molecule has 0 spiro atoms. The number of nitrogens with two attached hydrogens (primary N) is 2. The smallest absolute Gasteiger partial charge is 0.316 e. The molecular weight excluding hydrogens is 648 g/mol. The number of primary amides is 2. The summed E-state index contributed by atoms with van der Waals surface area (Å²) in [5.74, 6) is 11.5. The van der Waals surface area contributed by atoms with Gasteiger partial charge in [-0.15, -0.1) is 0 Å². The maximum Gasteiger partial charge on any atom is 0.316 e. The molecule has 268 valence electrons. The van der Waals surface area contributed by atoms with Gasteiger partial charge in [0, 0.05) is 55.1 Å². The quantitative estimate of drug-likeness (QED) is 0.116. The molecule has 0 saturated heterocycles. The number of nitrogens with one attached hydrogen (secondary N) is 4. The second-order valence-electron chi connectivity index (χ2n) is 12.3. The summed E-state index contributed by atoms with van der Waals surface area (Å²) in [7, 11) is 11.6. The molecule has 0 radical (unpaired) electrons. The topological polar surface area (TPSA) is 191 Å². The van der Waals surface area contributed by atoms with Crippen LogP contribution >= 0.6 is 0 Å². The largest absolute Gasteiger partial charge is 0.377 e. The lowest BCUT2D eigenvalue weighted by atomic mass is 10.1. The van der Waals surface area contributed by atoms with E-state index in [1.807, 2.05) is 57.0 Å². The van der Waals surface area contributed by atoms with Gasteiger partial charge >= 0.3 is 12.1 Å². The third kappa shape index (κ3) is 13.4. The summed E-state index contributed by atoms with van der Waals surface area (Å²) >= 11 is 0. The lowest BCUT2D eigenvalue weighted by Gasteiger charge is -2.13. The zero-order chi connectivity index (χ0) is 37.5. The van der Waals surface area contributed by atoms with Gasteiger partial charge in [0.2, 0.25) is 0 Å². The number of rotatable bonds is 13. The molecule has 14 heteroatoms. The van der Waals surface area contributed by atoms with E-state index in [2.05, 4.69) is 49.9 Å². The van der Waals surface area contributed by atoms with E-state index < -0.39 is 12.1 Å². The number of pyridine rings is 1. The molecule has 0 atom stereocenters. The van der Waals surface area contributed by atoms with Crippen molar-refractivity contribution in [3.05, 3.63) is 82.2 Å². The SMILES string of the molecule is CN(C)CCCNC(=O)c1ccc(NC(N)=O)c(C#Cc2cc(N(C)C)cc(C#Cc3cc(C(=O)NCCCN(C)C)ccc3NC(N)=O)n2)c1. The van der Waals surface area contributed by atoms with Crippen LogP contribution in [-0.2, 0) is 0 Å². The molecule has 8 N–H and O–H groups in total. The fourth-order valence-electron chi connectivity index (χ4n) is 4.62. The predicted molar refractivity (Wildman–Crippen MR) is 201 cm³/mol. The van der Waals surface area contributed by atoms with E-state index in [1.54, 1.807) is 48.5 Å². The van der Waals surface area contributed by atoms with Crippen molar-refractivity contribution < 1.29 is 19.2 Å². The predicted octanol–water partition coefficient (Wildman–Crippen LogP) is 2.29. The minimum absolute atomic E-state index is 0.274. The van der Waals surface area contributed by atoms with Crippen LogP contribution in [0.3, 0.4) is 0 Å². The Morgan fingerprint density at radius 2 is 1.04 bits per heavy atom. The Morgan fingerprint density at radius 3 is 1.39 bits per heavy atom. The zero-order valence-corrected chi connectivity index (χ0v) is 29.9. The Balaban J connectivity index is 1.98. The van der Waals surface area contributed by atoms with Crippen LogP contribution < -0.4 is 37.6 Å². The van der Waals surface area contributed by atoms with Crippen LogP contribution in [0.4, 0.5) is 26.7 Å². The van der Waals surface area contributed by atoms with E-state index in [9.17, 15) is 19.2 Å². The third-order valence-corrected chi connectivity index (χ3v) is 7.19. The second-order valence-corrected chi connectivity index (χ2v) is 12.3. The second kappa shape index (κ2) is 19.2. The number of aromatic nitrogens is 1. The first-order chi connectivity index (χ1) is 24.2. The fourth-order valence-corrected chi connectivity index (χ4v) is 4.62. The van der Waals surface area contributed by atoms with Gasteiger partial charge in [-0.3, -0.25) is 9.59 Å². The Labute approximate surface area is 299 Å². The average molecular weight is 695 g/mol. The van der Waals surface area contributed by atoms with Crippen LogP contribution in [0.1, 0.15) is 56.1 Å². The Morgan fingerprint density at radius 1 is 0.627 bits per heavy atom. The third-order valence-electron chi connectivity index (χ3n) is 7.19. The minimum Gasteiger partial charge on any atom is -0.377 e. The first kappa shape index (κ1) is 39.3. The van der Waals surface area contributed by atoms with E-state index >= 15 is 0 Å². The lowest BCUT2D eigenvalue weighted by molar-refractivity contribution is 0.0944. The van der Waals surface area contributed by atoms with Crippen molar-refractivity contribution in [1.82, 2.24) is 25.4 Å². The van der Waals surface area contributed by atoms with Crippen molar-refractivity contribution in [3.8, 4) is 23.7 Å². The van der Waals surface area contributed by atoms with Crippen molar-refractivity contribution in [2.24, 2.45) is 11.5 Å². The summed E-state index contributed by atoms with van der Waals surface area (Å²) in [5, 5.41) is 10.9. The van der Waals surface area contributed by atoms with Crippen LogP contribution in [-0.4, -0.2) is 107 Å². The molecule has 0 bridgehead atoms. The summed E-state index contributed by atoms with van der Waals surface area (Å²) in [6, 6.07) is 11.4. The van der Waals surface area contributed by atoms with Gasteiger partial charge in [0.1, 0.15) is 11.4 Å². The molecule has 1 aromatic heterocycles. The fraction of sp³-hybridized carbons (Fsp3) is 0.324. The number of benzene rings is 2. The van der Waals surface area contributed by atoms with Crippen LogP contribution in [0.5, 0.6) is 0 Å². The molecule has 0 aliphatic rings. The minimum atomic E-state index is -0.778. The molecule has 2 aromatic carbocycles. The highest BCUT2D eigenvalue weighted by Crippen LogP contribution is 2.20. The van der Waals surface area contributed by atoms with Gasteiger partial charge in [0.15, 0.2) is 0 Å². The number of nitrogens with zero attached hydrogens (tertiary/aromatic N) is 4. The van der Waals surface area contributed by atoms with E-state index in [0.29, 0.717) is 58.1 Å². The number of anilines is 3. The summed E-state index contributed by atoms with van der Waals surface area (Å²) < 4.78 is 0. The molecule has 0 saturated carbocycles. The number of hydrogen-bond acceptors (Lipinski definition) is 8. The van der Waals surface area contributed by atoms with E-state index in [-0.39, 0.29) is 11.8 Å². The van der Waals surface area contributed by atoms with Gasteiger partial charge in [-0.1, -0.05) is 11.8 Å². The average Bonchev–Trinajstić information content (AvgIpc) is 3.06.